The van der Waals surface area contributed by atoms with Gasteiger partial charge in [0.15, 0.2) is 0 Å². The molecule has 3 aromatic carbocycles. The van der Waals surface area contributed by atoms with Crippen LogP contribution in [0.25, 0.3) is 11.6 Å². The summed E-state index contributed by atoms with van der Waals surface area (Å²) in [6.07, 6.45) is 1.84. The van der Waals surface area contributed by atoms with Crippen LogP contribution in [-0.4, -0.2) is 0 Å². The van der Waals surface area contributed by atoms with Crippen LogP contribution in [0.3, 0.4) is 0 Å². The van der Waals surface area contributed by atoms with Crippen LogP contribution in [-0.2, 0) is 6.61 Å². The third-order valence-electron chi connectivity index (χ3n) is 3.78. The number of nitrogens with zero attached hydrogens (tertiary/aromatic N) is 1. The maximum Gasteiger partial charge on any atom is 0.134 e. The van der Waals surface area contributed by atoms with Gasteiger partial charge in [-0.3, -0.25) is 0 Å². The third kappa shape index (κ3) is 4.59. The molecule has 26 heavy (non-hydrogen) atoms. The van der Waals surface area contributed by atoms with E-state index in [0.717, 1.165) is 21.2 Å². The lowest BCUT2D eigenvalue weighted by atomic mass is 10.0. The van der Waals surface area contributed by atoms with Crippen LogP contribution in [0.2, 0.25) is 0 Å². The predicted molar refractivity (Wildman–Crippen MR) is 105 cm³/mol. The molecule has 2 nitrogen and oxygen atoms in total. The van der Waals surface area contributed by atoms with Crippen molar-refractivity contribution in [1.82, 2.24) is 0 Å². The largest absolute Gasteiger partial charge is 0.488 e. The van der Waals surface area contributed by atoms with E-state index in [1.165, 1.54) is 12.1 Å². The molecule has 0 aromatic heterocycles. The van der Waals surface area contributed by atoms with Crippen LogP contribution in [0.15, 0.2) is 77.3 Å². The van der Waals surface area contributed by atoms with E-state index in [-0.39, 0.29) is 5.82 Å². The van der Waals surface area contributed by atoms with Gasteiger partial charge in [-0.25, -0.2) is 4.39 Å². The third-order valence-corrected chi connectivity index (χ3v) is 4.40. The molecule has 0 atom stereocenters. The van der Waals surface area contributed by atoms with Crippen molar-refractivity contribution in [2.75, 3.05) is 0 Å². The number of benzene rings is 3. The summed E-state index contributed by atoms with van der Waals surface area (Å²) in [4.78, 5) is 0. The molecule has 0 fully saturated rings. The molecule has 0 heterocycles. The van der Waals surface area contributed by atoms with Gasteiger partial charge in [-0.1, -0.05) is 48.5 Å². The maximum absolute atomic E-state index is 12.9. The van der Waals surface area contributed by atoms with Crippen LogP contribution in [0.4, 0.5) is 4.39 Å². The van der Waals surface area contributed by atoms with Gasteiger partial charge in [0.1, 0.15) is 18.2 Å². The van der Waals surface area contributed by atoms with Crippen molar-refractivity contribution < 1.29 is 9.13 Å². The second-order valence-electron chi connectivity index (χ2n) is 5.64. The van der Waals surface area contributed by atoms with E-state index in [4.69, 9.17) is 4.74 Å². The maximum atomic E-state index is 12.9. The Labute approximate surface area is 160 Å². The molecule has 0 amide bonds. The highest BCUT2D eigenvalue weighted by Gasteiger charge is 2.05. The molecule has 0 saturated carbocycles. The number of hydrogen-bond acceptors (Lipinski definition) is 2. The minimum atomic E-state index is -0.266. The zero-order chi connectivity index (χ0) is 18.4. The van der Waals surface area contributed by atoms with Crippen molar-refractivity contribution in [2.24, 2.45) is 0 Å². The Balaban J connectivity index is 1.76. The second-order valence-corrected chi connectivity index (χ2v) is 6.50. The van der Waals surface area contributed by atoms with E-state index in [9.17, 15) is 9.65 Å². The van der Waals surface area contributed by atoms with Crippen LogP contribution in [0.5, 0.6) is 5.75 Å². The summed E-state index contributed by atoms with van der Waals surface area (Å²) in [7, 11) is 0. The van der Waals surface area contributed by atoms with Crippen LogP contribution in [0.1, 0.15) is 16.7 Å². The molecule has 3 aromatic rings. The van der Waals surface area contributed by atoms with E-state index < -0.39 is 0 Å². The van der Waals surface area contributed by atoms with Crippen molar-refractivity contribution in [1.29, 1.82) is 5.26 Å². The lowest BCUT2D eigenvalue weighted by Gasteiger charge is -2.09. The number of allylic oxidation sites excluding steroid dienone is 1. The van der Waals surface area contributed by atoms with Gasteiger partial charge in [0.05, 0.1) is 16.1 Å². The molecule has 0 bridgehead atoms. The average Bonchev–Trinajstić information content (AvgIpc) is 2.67. The van der Waals surface area contributed by atoms with Gasteiger partial charge < -0.3 is 4.74 Å². The van der Waals surface area contributed by atoms with Gasteiger partial charge >= 0.3 is 0 Å². The van der Waals surface area contributed by atoms with Gasteiger partial charge in [-0.2, -0.15) is 5.26 Å². The standard InChI is InChI=1S/C22H15BrFNO/c23-21-13-17(12-19(14-25)18-4-2-1-3-5-18)8-11-22(21)26-15-16-6-9-20(24)10-7-16/h1-13H,15H2/b19-12+. The summed E-state index contributed by atoms with van der Waals surface area (Å²) in [6.45, 7) is 0.349. The highest BCUT2D eigenvalue weighted by molar-refractivity contribution is 9.10. The molecule has 128 valence electrons. The summed E-state index contributed by atoms with van der Waals surface area (Å²) in [5.41, 5.74) is 3.25. The lowest BCUT2D eigenvalue weighted by molar-refractivity contribution is 0.304. The summed E-state index contributed by atoms with van der Waals surface area (Å²) in [6, 6.07) is 23.6. The first kappa shape index (κ1) is 17.9. The quantitative estimate of drug-likeness (QED) is 0.370. The van der Waals surface area contributed by atoms with Gasteiger partial charge in [-0.15, -0.1) is 0 Å². The Morgan fingerprint density at radius 3 is 2.42 bits per heavy atom. The monoisotopic (exact) mass is 407 g/mol. The highest BCUT2D eigenvalue weighted by Crippen LogP contribution is 2.28. The molecule has 4 heteroatoms. The van der Waals surface area contributed by atoms with Crippen molar-refractivity contribution >= 4 is 27.6 Å². The molecule has 0 aliphatic rings. The van der Waals surface area contributed by atoms with Gasteiger partial charge in [0, 0.05) is 0 Å². The van der Waals surface area contributed by atoms with Gasteiger partial charge in [0.25, 0.3) is 0 Å². The number of hydrogen-bond donors (Lipinski definition) is 0. The summed E-state index contributed by atoms with van der Waals surface area (Å²) >= 11 is 3.50. The van der Waals surface area contributed by atoms with Crippen LogP contribution >= 0.6 is 15.9 Å². The molecule has 0 radical (unpaired) electrons. The fraction of sp³-hybridized carbons (Fsp3) is 0.0455. The van der Waals surface area contributed by atoms with Gasteiger partial charge in [-0.05, 0) is 63.0 Å². The second kappa shape index (κ2) is 8.46. The molecule has 0 unspecified atom stereocenters. The Bertz CT molecular complexity index is 960. The van der Waals surface area contributed by atoms with E-state index in [0.29, 0.717) is 17.9 Å². The zero-order valence-corrected chi connectivity index (χ0v) is 15.4. The smallest absolute Gasteiger partial charge is 0.134 e. The Hall–Kier alpha value is -2.90. The molecule has 3 rings (SSSR count). The molecular weight excluding hydrogens is 393 g/mol. The molecule has 0 aliphatic heterocycles. The summed E-state index contributed by atoms with van der Waals surface area (Å²) in [5, 5.41) is 9.41. The lowest BCUT2D eigenvalue weighted by Crippen LogP contribution is -1.96. The highest BCUT2D eigenvalue weighted by atomic mass is 79.9. The van der Waals surface area contributed by atoms with Crippen LogP contribution in [0, 0.1) is 17.1 Å². The SMILES string of the molecule is N#C/C(=C\c1ccc(OCc2ccc(F)cc2)c(Br)c1)c1ccccc1. The first-order valence-electron chi connectivity index (χ1n) is 8.00. The topological polar surface area (TPSA) is 33.0 Å². The molecular formula is C22H15BrFNO. The minimum Gasteiger partial charge on any atom is -0.488 e. The van der Waals surface area contributed by atoms with E-state index in [1.807, 2.05) is 54.6 Å². The molecule has 0 N–H and O–H groups in total. The molecule has 0 aliphatic carbocycles. The zero-order valence-electron chi connectivity index (χ0n) is 13.8. The Morgan fingerprint density at radius 2 is 1.77 bits per heavy atom. The molecule has 0 spiro atoms. The number of halogens is 2. The van der Waals surface area contributed by atoms with Crippen molar-refractivity contribution in [2.45, 2.75) is 6.61 Å². The predicted octanol–water partition coefficient (Wildman–Crippen LogP) is 6.23. The molecule has 0 saturated heterocycles. The summed E-state index contributed by atoms with van der Waals surface area (Å²) in [5.74, 6) is 0.419. The fourth-order valence-corrected chi connectivity index (χ4v) is 2.94. The number of nitriles is 1. The average molecular weight is 408 g/mol. The minimum absolute atomic E-state index is 0.266. The van der Waals surface area contributed by atoms with Crippen molar-refractivity contribution in [3.63, 3.8) is 0 Å². The van der Waals surface area contributed by atoms with Gasteiger partial charge in [0.2, 0.25) is 0 Å². The van der Waals surface area contributed by atoms with Crippen molar-refractivity contribution in [3.8, 4) is 11.8 Å². The summed E-state index contributed by atoms with van der Waals surface area (Å²) < 4.78 is 19.5. The van der Waals surface area contributed by atoms with Crippen molar-refractivity contribution in [3.05, 3.63) is 99.8 Å². The number of ether oxygens (including phenoxy) is 1. The van der Waals surface area contributed by atoms with E-state index in [1.54, 1.807) is 12.1 Å². The number of rotatable bonds is 5. The fourth-order valence-electron chi connectivity index (χ4n) is 2.43. The Kier molecular flexibility index (Phi) is 5.83. The van der Waals surface area contributed by atoms with Crippen LogP contribution < -0.4 is 4.74 Å². The first-order chi connectivity index (χ1) is 12.7. The van der Waals surface area contributed by atoms with E-state index in [2.05, 4.69) is 22.0 Å². The van der Waals surface area contributed by atoms with E-state index >= 15 is 0 Å². The first-order valence-corrected chi connectivity index (χ1v) is 8.79. The Morgan fingerprint density at radius 1 is 1.04 bits per heavy atom. The normalized spacial score (nSPS) is 11.0.